The van der Waals surface area contributed by atoms with Crippen molar-refractivity contribution in [2.24, 2.45) is 0 Å². The van der Waals surface area contributed by atoms with Crippen LogP contribution < -0.4 is 18.9 Å². The van der Waals surface area contributed by atoms with Crippen LogP contribution in [0.1, 0.15) is 0 Å². The van der Waals surface area contributed by atoms with Crippen LogP contribution >= 0.6 is 0 Å². The standard InChI is InChI=1S/C20H20O5/c1-22-17-6-5-12(9-18(17)23-2)15-7-13-10-19(24-3)20(25-4)11-14(13)8-16(15)21/h5-11,21H,1-4H3. The van der Waals surface area contributed by atoms with E-state index in [1.54, 1.807) is 34.5 Å². The predicted molar refractivity (Wildman–Crippen MR) is 97.3 cm³/mol. The zero-order chi connectivity index (χ0) is 18.0. The molecule has 5 heteroatoms. The van der Waals surface area contributed by atoms with Gasteiger partial charge in [-0.1, -0.05) is 6.07 Å². The zero-order valence-electron chi connectivity index (χ0n) is 14.6. The van der Waals surface area contributed by atoms with E-state index in [-0.39, 0.29) is 5.75 Å². The number of rotatable bonds is 5. The number of hydrogen-bond donors (Lipinski definition) is 1. The summed E-state index contributed by atoms with van der Waals surface area (Å²) >= 11 is 0. The molecule has 3 aromatic carbocycles. The number of ether oxygens (including phenoxy) is 4. The third kappa shape index (κ3) is 3.01. The second-order valence-electron chi connectivity index (χ2n) is 5.49. The molecule has 0 aliphatic carbocycles. The number of aromatic hydroxyl groups is 1. The van der Waals surface area contributed by atoms with Gasteiger partial charge in [0.2, 0.25) is 0 Å². The Morgan fingerprint density at radius 1 is 0.600 bits per heavy atom. The van der Waals surface area contributed by atoms with Crippen LogP contribution in [0.2, 0.25) is 0 Å². The lowest BCUT2D eigenvalue weighted by Crippen LogP contribution is -1.92. The highest BCUT2D eigenvalue weighted by molar-refractivity contribution is 5.93. The topological polar surface area (TPSA) is 57.2 Å². The Morgan fingerprint density at radius 2 is 1.12 bits per heavy atom. The van der Waals surface area contributed by atoms with Crippen molar-refractivity contribution < 1.29 is 24.1 Å². The molecule has 0 aliphatic heterocycles. The molecular formula is C20H20O5. The summed E-state index contributed by atoms with van der Waals surface area (Å²) in [4.78, 5) is 0. The summed E-state index contributed by atoms with van der Waals surface area (Å²) in [5, 5.41) is 12.3. The minimum atomic E-state index is 0.173. The molecule has 3 rings (SSSR count). The van der Waals surface area contributed by atoms with E-state index >= 15 is 0 Å². The average Bonchev–Trinajstić information content (AvgIpc) is 2.65. The molecule has 0 saturated carbocycles. The Hall–Kier alpha value is -3.08. The molecule has 0 spiro atoms. The Bertz CT molecular complexity index is 918. The van der Waals surface area contributed by atoms with Gasteiger partial charge in [0.1, 0.15) is 5.75 Å². The fourth-order valence-corrected chi connectivity index (χ4v) is 2.85. The van der Waals surface area contributed by atoms with Gasteiger partial charge in [0.05, 0.1) is 28.4 Å². The van der Waals surface area contributed by atoms with E-state index in [0.717, 1.165) is 16.3 Å². The normalized spacial score (nSPS) is 10.6. The maximum atomic E-state index is 10.5. The van der Waals surface area contributed by atoms with Gasteiger partial charge in [-0.2, -0.15) is 0 Å². The third-order valence-corrected chi connectivity index (χ3v) is 4.15. The minimum absolute atomic E-state index is 0.173. The van der Waals surface area contributed by atoms with Crippen molar-refractivity contribution in [1.29, 1.82) is 0 Å². The third-order valence-electron chi connectivity index (χ3n) is 4.15. The molecule has 0 amide bonds. The lowest BCUT2D eigenvalue weighted by molar-refractivity contribution is 0.355. The fourth-order valence-electron chi connectivity index (χ4n) is 2.85. The van der Waals surface area contributed by atoms with E-state index in [1.807, 2.05) is 36.4 Å². The predicted octanol–water partition coefficient (Wildman–Crippen LogP) is 4.25. The van der Waals surface area contributed by atoms with Crippen LogP contribution in [0.15, 0.2) is 42.5 Å². The van der Waals surface area contributed by atoms with Gasteiger partial charge in [-0.15, -0.1) is 0 Å². The molecule has 3 aromatic rings. The van der Waals surface area contributed by atoms with Crippen molar-refractivity contribution >= 4 is 10.8 Å². The maximum Gasteiger partial charge on any atom is 0.161 e. The second-order valence-corrected chi connectivity index (χ2v) is 5.49. The van der Waals surface area contributed by atoms with Crippen molar-refractivity contribution in [3.63, 3.8) is 0 Å². The molecule has 0 saturated heterocycles. The van der Waals surface area contributed by atoms with Gasteiger partial charge in [0.25, 0.3) is 0 Å². The van der Waals surface area contributed by atoms with E-state index in [1.165, 1.54) is 0 Å². The molecule has 5 nitrogen and oxygen atoms in total. The highest BCUT2D eigenvalue weighted by Gasteiger charge is 2.13. The first kappa shape index (κ1) is 16.8. The Morgan fingerprint density at radius 3 is 1.68 bits per heavy atom. The van der Waals surface area contributed by atoms with Crippen LogP contribution in [0.4, 0.5) is 0 Å². The molecule has 0 bridgehead atoms. The van der Waals surface area contributed by atoms with Gasteiger partial charge in [-0.3, -0.25) is 0 Å². The first-order chi connectivity index (χ1) is 12.1. The molecule has 0 aliphatic rings. The quantitative estimate of drug-likeness (QED) is 0.752. The summed E-state index contributed by atoms with van der Waals surface area (Å²) in [7, 11) is 6.35. The van der Waals surface area contributed by atoms with Crippen molar-refractivity contribution in [3.05, 3.63) is 42.5 Å². The van der Waals surface area contributed by atoms with Crippen LogP contribution in [-0.2, 0) is 0 Å². The Kier molecular flexibility index (Phi) is 4.57. The molecule has 1 N–H and O–H groups in total. The van der Waals surface area contributed by atoms with Gasteiger partial charge in [0.15, 0.2) is 23.0 Å². The second kappa shape index (κ2) is 6.81. The minimum Gasteiger partial charge on any atom is -0.507 e. The summed E-state index contributed by atoms with van der Waals surface area (Å²) in [6.07, 6.45) is 0. The van der Waals surface area contributed by atoms with Crippen molar-refractivity contribution in [1.82, 2.24) is 0 Å². The van der Waals surface area contributed by atoms with Gasteiger partial charge in [0, 0.05) is 5.56 Å². The summed E-state index contributed by atoms with van der Waals surface area (Å²) in [6.45, 7) is 0. The monoisotopic (exact) mass is 340 g/mol. The molecule has 0 unspecified atom stereocenters. The Labute approximate surface area is 146 Å². The zero-order valence-corrected chi connectivity index (χ0v) is 14.6. The van der Waals surface area contributed by atoms with Crippen LogP contribution in [0.3, 0.4) is 0 Å². The highest BCUT2D eigenvalue weighted by Crippen LogP contribution is 2.40. The van der Waals surface area contributed by atoms with Gasteiger partial charge in [-0.05, 0) is 52.7 Å². The molecular weight excluding hydrogens is 320 g/mol. The number of fused-ring (bicyclic) bond motifs is 1. The summed E-state index contributed by atoms with van der Waals surface area (Å²) in [5.74, 6) is 2.67. The maximum absolute atomic E-state index is 10.5. The summed E-state index contributed by atoms with van der Waals surface area (Å²) in [6, 6.07) is 12.9. The number of methoxy groups -OCH3 is 4. The van der Waals surface area contributed by atoms with Crippen LogP contribution in [-0.4, -0.2) is 33.5 Å². The molecule has 0 atom stereocenters. The van der Waals surface area contributed by atoms with E-state index < -0.39 is 0 Å². The lowest BCUT2D eigenvalue weighted by Gasteiger charge is -2.13. The molecule has 0 fully saturated rings. The van der Waals surface area contributed by atoms with Crippen LogP contribution in [0.25, 0.3) is 21.9 Å². The first-order valence-electron chi connectivity index (χ1n) is 7.72. The van der Waals surface area contributed by atoms with E-state index in [9.17, 15) is 5.11 Å². The number of phenolic OH excluding ortho intramolecular Hbond substituents is 1. The number of hydrogen-bond acceptors (Lipinski definition) is 5. The largest absolute Gasteiger partial charge is 0.507 e. The average molecular weight is 340 g/mol. The van der Waals surface area contributed by atoms with E-state index in [2.05, 4.69) is 0 Å². The van der Waals surface area contributed by atoms with Crippen LogP contribution in [0, 0.1) is 0 Å². The molecule has 130 valence electrons. The van der Waals surface area contributed by atoms with Gasteiger partial charge in [-0.25, -0.2) is 0 Å². The summed E-state index contributed by atoms with van der Waals surface area (Å²) < 4.78 is 21.3. The molecule has 25 heavy (non-hydrogen) atoms. The fraction of sp³-hybridized carbons (Fsp3) is 0.200. The van der Waals surface area contributed by atoms with E-state index in [4.69, 9.17) is 18.9 Å². The smallest absolute Gasteiger partial charge is 0.161 e. The SMILES string of the molecule is COc1ccc(-c2cc3cc(OC)c(OC)cc3cc2O)cc1OC. The van der Waals surface area contributed by atoms with Crippen molar-refractivity contribution in [2.75, 3.05) is 28.4 Å². The van der Waals surface area contributed by atoms with Crippen molar-refractivity contribution in [3.8, 4) is 39.9 Å². The molecule has 0 radical (unpaired) electrons. The Balaban J connectivity index is 2.18. The number of phenols is 1. The molecule has 0 aromatic heterocycles. The van der Waals surface area contributed by atoms with Crippen LogP contribution in [0.5, 0.6) is 28.7 Å². The number of benzene rings is 3. The summed E-state index contributed by atoms with van der Waals surface area (Å²) in [5.41, 5.74) is 1.52. The lowest BCUT2D eigenvalue weighted by atomic mass is 9.99. The van der Waals surface area contributed by atoms with E-state index in [0.29, 0.717) is 28.6 Å². The first-order valence-corrected chi connectivity index (χ1v) is 7.72. The highest BCUT2D eigenvalue weighted by atomic mass is 16.5. The molecule has 0 heterocycles. The van der Waals surface area contributed by atoms with Gasteiger partial charge >= 0.3 is 0 Å². The van der Waals surface area contributed by atoms with Gasteiger partial charge < -0.3 is 24.1 Å². The van der Waals surface area contributed by atoms with Crippen molar-refractivity contribution in [2.45, 2.75) is 0 Å².